The van der Waals surface area contributed by atoms with E-state index in [4.69, 9.17) is 10.5 Å². The third kappa shape index (κ3) is 3.68. The molecule has 4 aromatic rings. The Balaban J connectivity index is 1.66. The third-order valence-electron chi connectivity index (χ3n) is 5.26. The molecule has 0 saturated carbocycles. The highest BCUT2D eigenvalue weighted by atomic mass is 19.1. The molecule has 158 valence electrons. The fourth-order valence-corrected chi connectivity index (χ4v) is 3.75. The number of anilines is 2. The molecule has 0 spiro atoms. The number of nitrogens with zero attached hydrogens (tertiary/aromatic N) is 4. The van der Waals surface area contributed by atoms with Crippen LogP contribution in [-0.2, 0) is 4.74 Å². The van der Waals surface area contributed by atoms with Crippen LogP contribution in [0.1, 0.15) is 12.8 Å². The van der Waals surface area contributed by atoms with Gasteiger partial charge in [0.1, 0.15) is 17.5 Å². The van der Waals surface area contributed by atoms with Gasteiger partial charge in [-0.15, -0.1) is 5.10 Å². The van der Waals surface area contributed by atoms with Crippen LogP contribution in [0, 0.1) is 11.6 Å². The monoisotopic (exact) mass is 422 g/mol. The number of nitrogens with two attached hydrogens (primary N) is 1. The summed E-state index contributed by atoms with van der Waals surface area (Å²) < 4.78 is 35.5. The second-order valence-electron chi connectivity index (χ2n) is 7.37. The van der Waals surface area contributed by atoms with Crippen molar-refractivity contribution >= 4 is 22.8 Å². The lowest BCUT2D eigenvalue weighted by atomic mass is 10.1. The summed E-state index contributed by atoms with van der Waals surface area (Å²) >= 11 is 0. The Kier molecular flexibility index (Phi) is 4.95. The van der Waals surface area contributed by atoms with Gasteiger partial charge in [-0.05, 0) is 43.2 Å². The van der Waals surface area contributed by atoms with Crippen molar-refractivity contribution in [3.8, 4) is 16.9 Å². The first kappa shape index (κ1) is 19.4. The molecule has 1 atom stereocenters. The van der Waals surface area contributed by atoms with Gasteiger partial charge in [0.05, 0.1) is 22.9 Å². The SMILES string of the molecule is Nc1c2c(-c3ccccc3F)nc(NC[C@H]3CCCO3)nc2nn1-c1cccc(F)c1. The first-order valence-corrected chi connectivity index (χ1v) is 10.0. The van der Waals surface area contributed by atoms with Gasteiger partial charge in [0.25, 0.3) is 0 Å². The molecular weight excluding hydrogens is 402 g/mol. The Morgan fingerprint density at radius 2 is 2.00 bits per heavy atom. The number of fused-ring (bicyclic) bond motifs is 1. The lowest BCUT2D eigenvalue weighted by Gasteiger charge is -2.12. The van der Waals surface area contributed by atoms with Crippen molar-refractivity contribution in [2.24, 2.45) is 0 Å². The maximum atomic E-state index is 14.7. The summed E-state index contributed by atoms with van der Waals surface area (Å²) in [6.07, 6.45) is 2.05. The molecule has 0 aliphatic carbocycles. The largest absolute Gasteiger partial charge is 0.383 e. The molecule has 31 heavy (non-hydrogen) atoms. The molecule has 9 heteroatoms. The van der Waals surface area contributed by atoms with Crippen LogP contribution >= 0.6 is 0 Å². The standard InChI is InChI=1S/C22H20F2N6O/c23-13-5-3-6-14(11-13)30-20(25)18-19(16-8-1-2-9-17(16)24)27-22(28-21(18)29-30)26-12-15-7-4-10-31-15/h1-3,5-6,8-9,11,15H,4,7,10,12,25H2,(H,26,28,29)/t15-/m1/s1. The van der Waals surface area contributed by atoms with Crippen LogP contribution in [0.25, 0.3) is 28.0 Å². The Bertz CT molecular complexity index is 1250. The maximum Gasteiger partial charge on any atom is 0.225 e. The van der Waals surface area contributed by atoms with Crippen LogP contribution in [-0.4, -0.2) is 39.0 Å². The zero-order valence-corrected chi connectivity index (χ0v) is 16.6. The topological polar surface area (TPSA) is 90.9 Å². The summed E-state index contributed by atoms with van der Waals surface area (Å²) in [5, 5.41) is 8.03. The van der Waals surface area contributed by atoms with E-state index >= 15 is 0 Å². The highest BCUT2D eigenvalue weighted by Crippen LogP contribution is 2.34. The average molecular weight is 422 g/mol. The summed E-state index contributed by atoms with van der Waals surface area (Å²) in [7, 11) is 0. The molecule has 0 bridgehead atoms. The number of hydrogen-bond acceptors (Lipinski definition) is 6. The fraction of sp³-hybridized carbons (Fsp3) is 0.227. The second kappa shape index (κ2) is 7.92. The number of ether oxygens (including phenoxy) is 1. The molecule has 1 aliphatic heterocycles. The molecule has 0 radical (unpaired) electrons. The van der Waals surface area contributed by atoms with Gasteiger partial charge in [-0.3, -0.25) is 0 Å². The van der Waals surface area contributed by atoms with Crippen LogP contribution in [0.15, 0.2) is 48.5 Å². The van der Waals surface area contributed by atoms with Gasteiger partial charge in [-0.1, -0.05) is 18.2 Å². The van der Waals surface area contributed by atoms with Crippen molar-refractivity contribution in [1.82, 2.24) is 19.7 Å². The van der Waals surface area contributed by atoms with Crippen molar-refractivity contribution < 1.29 is 13.5 Å². The van der Waals surface area contributed by atoms with Gasteiger partial charge < -0.3 is 15.8 Å². The summed E-state index contributed by atoms with van der Waals surface area (Å²) in [4.78, 5) is 9.03. The van der Waals surface area contributed by atoms with Gasteiger partial charge in [-0.2, -0.15) is 4.98 Å². The molecule has 2 aromatic carbocycles. The number of rotatable bonds is 5. The third-order valence-corrected chi connectivity index (χ3v) is 5.26. The molecule has 3 N–H and O–H groups in total. The van der Waals surface area contributed by atoms with E-state index in [1.165, 1.54) is 22.9 Å². The van der Waals surface area contributed by atoms with Crippen molar-refractivity contribution in [1.29, 1.82) is 0 Å². The van der Waals surface area contributed by atoms with Crippen LogP contribution < -0.4 is 11.1 Å². The second-order valence-corrected chi connectivity index (χ2v) is 7.37. The van der Waals surface area contributed by atoms with E-state index in [2.05, 4.69) is 20.4 Å². The van der Waals surface area contributed by atoms with E-state index in [9.17, 15) is 8.78 Å². The van der Waals surface area contributed by atoms with E-state index < -0.39 is 11.6 Å². The Hall–Kier alpha value is -3.59. The molecule has 0 unspecified atom stereocenters. The minimum atomic E-state index is -0.439. The number of nitrogen functional groups attached to an aromatic ring is 1. The van der Waals surface area contributed by atoms with E-state index in [1.807, 2.05) is 0 Å². The molecule has 2 aromatic heterocycles. The minimum Gasteiger partial charge on any atom is -0.383 e. The minimum absolute atomic E-state index is 0.0751. The maximum absolute atomic E-state index is 14.7. The van der Waals surface area contributed by atoms with Gasteiger partial charge in [-0.25, -0.2) is 18.4 Å². The zero-order valence-electron chi connectivity index (χ0n) is 16.6. The predicted molar refractivity (Wildman–Crippen MR) is 114 cm³/mol. The summed E-state index contributed by atoms with van der Waals surface area (Å²) in [5.41, 5.74) is 7.68. The molecule has 3 heterocycles. The number of benzene rings is 2. The van der Waals surface area contributed by atoms with Gasteiger partial charge in [0, 0.05) is 18.7 Å². The summed E-state index contributed by atoms with van der Waals surface area (Å²) in [5.74, 6) is -0.365. The van der Waals surface area contributed by atoms with Gasteiger partial charge >= 0.3 is 0 Å². The highest BCUT2D eigenvalue weighted by Gasteiger charge is 2.22. The normalized spacial score (nSPS) is 16.1. The molecule has 1 fully saturated rings. The van der Waals surface area contributed by atoms with Crippen LogP contribution in [0.3, 0.4) is 0 Å². The van der Waals surface area contributed by atoms with Gasteiger partial charge in [0.15, 0.2) is 5.65 Å². The number of aromatic nitrogens is 4. The quantitative estimate of drug-likeness (QED) is 0.506. The number of hydrogen-bond donors (Lipinski definition) is 2. The molecule has 0 amide bonds. The molecule has 1 aliphatic rings. The van der Waals surface area contributed by atoms with E-state index in [-0.39, 0.29) is 23.1 Å². The van der Waals surface area contributed by atoms with Crippen LogP contribution in [0.2, 0.25) is 0 Å². The predicted octanol–water partition coefficient (Wildman–Crippen LogP) is 3.93. The van der Waals surface area contributed by atoms with Crippen molar-refractivity contribution in [3.63, 3.8) is 0 Å². The van der Waals surface area contributed by atoms with Crippen molar-refractivity contribution in [2.75, 3.05) is 24.2 Å². The average Bonchev–Trinajstić information content (AvgIpc) is 3.40. The smallest absolute Gasteiger partial charge is 0.225 e. The molecule has 7 nitrogen and oxygen atoms in total. The number of halogens is 2. The lowest BCUT2D eigenvalue weighted by molar-refractivity contribution is 0.120. The Labute approximate surface area is 176 Å². The highest BCUT2D eigenvalue weighted by molar-refractivity contribution is 5.99. The fourth-order valence-electron chi connectivity index (χ4n) is 3.75. The number of nitrogens with one attached hydrogen (secondary N) is 1. The van der Waals surface area contributed by atoms with E-state index in [0.29, 0.717) is 29.3 Å². The summed E-state index contributed by atoms with van der Waals surface area (Å²) in [6.45, 7) is 1.27. The van der Waals surface area contributed by atoms with Crippen molar-refractivity contribution in [2.45, 2.75) is 18.9 Å². The molecule has 5 rings (SSSR count). The lowest BCUT2D eigenvalue weighted by Crippen LogP contribution is -2.19. The van der Waals surface area contributed by atoms with Crippen LogP contribution in [0.5, 0.6) is 0 Å². The van der Waals surface area contributed by atoms with Crippen LogP contribution in [0.4, 0.5) is 20.5 Å². The Morgan fingerprint density at radius 3 is 2.77 bits per heavy atom. The Morgan fingerprint density at radius 1 is 1.13 bits per heavy atom. The molecule has 1 saturated heterocycles. The zero-order chi connectivity index (χ0) is 21.4. The first-order valence-electron chi connectivity index (χ1n) is 10.0. The summed E-state index contributed by atoms with van der Waals surface area (Å²) in [6, 6.07) is 12.2. The van der Waals surface area contributed by atoms with E-state index in [0.717, 1.165) is 19.4 Å². The molecular formula is C22H20F2N6O. The van der Waals surface area contributed by atoms with Gasteiger partial charge in [0.2, 0.25) is 5.95 Å². The first-order chi connectivity index (χ1) is 15.1. The van der Waals surface area contributed by atoms with E-state index in [1.54, 1.807) is 30.3 Å². The van der Waals surface area contributed by atoms with Crippen molar-refractivity contribution in [3.05, 3.63) is 60.2 Å².